The molecule has 5 heteroatoms. The molecule has 21 heavy (non-hydrogen) atoms. The van der Waals surface area contributed by atoms with Gasteiger partial charge < -0.3 is 5.32 Å². The van der Waals surface area contributed by atoms with E-state index in [0.29, 0.717) is 18.0 Å². The largest absolute Gasteiger partial charge is 0.306 e. The van der Waals surface area contributed by atoms with Crippen molar-refractivity contribution in [2.24, 2.45) is 0 Å². The van der Waals surface area contributed by atoms with Crippen LogP contribution < -0.4 is 5.32 Å². The van der Waals surface area contributed by atoms with Gasteiger partial charge in [-0.15, -0.1) is 5.10 Å². The lowest BCUT2D eigenvalue weighted by molar-refractivity contribution is 0.438. The van der Waals surface area contributed by atoms with Crippen LogP contribution in [0.25, 0.3) is 0 Å². The maximum absolute atomic E-state index is 4.14. The zero-order chi connectivity index (χ0) is 14.7. The van der Waals surface area contributed by atoms with E-state index in [4.69, 9.17) is 0 Å². The van der Waals surface area contributed by atoms with E-state index >= 15 is 0 Å². The van der Waals surface area contributed by atoms with E-state index in [-0.39, 0.29) is 0 Å². The Morgan fingerprint density at radius 2 is 2.05 bits per heavy atom. The van der Waals surface area contributed by atoms with Crippen molar-refractivity contribution in [3.63, 3.8) is 0 Å². The van der Waals surface area contributed by atoms with Gasteiger partial charge in [-0.05, 0) is 48.6 Å². The van der Waals surface area contributed by atoms with Crippen molar-refractivity contribution in [3.05, 3.63) is 41.7 Å². The third-order valence-corrected chi connectivity index (χ3v) is 4.32. The molecule has 1 fully saturated rings. The van der Waals surface area contributed by atoms with E-state index < -0.39 is 0 Å². The molecule has 1 N–H and O–H groups in total. The third-order valence-electron chi connectivity index (χ3n) is 4.32. The first-order valence-corrected chi connectivity index (χ1v) is 7.81. The Labute approximate surface area is 125 Å². The van der Waals surface area contributed by atoms with Crippen LogP contribution in [0.5, 0.6) is 0 Å². The van der Waals surface area contributed by atoms with Gasteiger partial charge in [0.1, 0.15) is 0 Å². The predicted octanol–water partition coefficient (Wildman–Crippen LogP) is 2.68. The van der Waals surface area contributed by atoms with E-state index in [1.54, 1.807) is 0 Å². The molecule has 0 bridgehead atoms. The average Bonchev–Trinajstić information content (AvgIpc) is 3.15. The standard InChI is InChI=1S/C16H23N5/c1-12(2)21-16(18-19-20-21)11-17-15-10-6-9-14(15)13-7-4-3-5-8-13/h3-5,7-8,12,14-15,17H,6,9-11H2,1-2H3/t14-,15-/m0/s1. The van der Waals surface area contributed by atoms with Crippen molar-refractivity contribution in [3.8, 4) is 0 Å². The van der Waals surface area contributed by atoms with Gasteiger partial charge in [0, 0.05) is 6.04 Å². The van der Waals surface area contributed by atoms with E-state index in [2.05, 4.69) is 65.0 Å². The highest BCUT2D eigenvalue weighted by atomic mass is 15.5. The number of nitrogens with zero attached hydrogens (tertiary/aromatic N) is 4. The van der Waals surface area contributed by atoms with E-state index in [1.165, 1.54) is 24.8 Å². The van der Waals surface area contributed by atoms with Gasteiger partial charge in [-0.3, -0.25) is 0 Å². The Morgan fingerprint density at radius 3 is 2.81 bits per heavy atom. The number of hydrogen-bond acceptors (Lipinski definition) is 4. The normalized spacial score (nSPS) is 22.0. The lowest BCUT2D eigenvalue weighted by atomic mass is 9.94. The molecule has 0 unspecified atom stereocenters. The van der Waals surface area contributed by atoms with Crippen molar-refractivity contribution in [1.82, 2.24) is 25.5 Å². The molecule has 1 aromatic heterocycles. The lowest BCUT2D eigenvalue weighted by Gasteiger charge is -2.21. The molecular weight excluding hydrogens is 262 g/mol. The fraction of sp³-hybridized carbons (Fsp3) is 0.562. The lowest BCUT2D eigenvalue weighted by Crippen LogP contribution is -2.32. The van der Waals surface area contributed by atoms with Crippen molar-refractivity contribution in [1.29, 1.82) is 0 Å². The van der Waals surface area contributed by atoms with Gasteiger partial charge in [0.2, 0.25) is 0 Å². The monoisotopic (exact) mass is 285 g/mol. The molecule has 0 spiro atoms. The number of rotatable bonds is 5. The smallest absolute Gasteiger partial charge is 0.165 e. The summed E-state index contributed by atoms with van der Waals surface area (Å²) in [5.41, 5.74) is 1.44. The van der Waals surface area contributed by atoms with Gasteiger partial charge in [-0.1, -0.05) is 36.8 Å². The van der Waals surface area contributed by atoms with Crippen LogP contribution in [-0.2, 0) is 6.54 Å². The minimum Gasteiger partial charge on any atom is -0.306 e. The van der Waals surface area contributed by atoms with Gasteiger partial charge in [0.05, 0.1) is 12.6 Å². The summed E-state index contributed by atoms with van der Waals surface area (Å²) < 4.78 is 1.89. The maximum Gasteiger partial charge on any atom is 0.165 e. The first-order valence-electron chi connectivity index (χ1n) is 7.81. The number of benzene rings is 1. The van der Waals surface area contributed by atoms with Crippen molar-refractivity contribution in [2.75, 3.05) is 0 Å². The molecule has 112 valence electrons. The van der Waals surface area contributed by atoms with Gasteiger partial charge in [-0.2, -0.15) is 0 Å². The Bertz CT molecular complexity index is 563. The molecule has 1 heterocycles. The topological polar surface area (TPSA) is 55.6 Å². The van der Waals surface area contributed by atoms with Crippen LogP contribution in [0.15, 0.2) is 30.3 Å². The third kappa shape index (κ3) is 3.13. The molecule has 3 rings (SSSR count). The Kier molecular flexibility index (Phi) is 4.29. The highest BCUT2D eigenvalue weighted by Crippen LogP contribution is 2.34. The van der Waals surface area contributed by atoms with Gasteiger partial charge in [-0.25, -0.2) is 4.68 Å². The van der Waals surface area contributed by atoms with Crippen LogP contribution in [0, 0.1) is 0 Å². The molecule has 0 amide bonds. The molecule has 0 aliphatic heterocycles. The van der Waals surface area contributed by atoms with Crippen LogP contribution in [-0.4, -0.2) is 26.2 Å². The SMILES string of the molecule is CC(C)n1nnnc1CN[C@H]1CCC[C@H]1c1ccccc1. The maximum atomic E-state index is 4.14. The summed E-state index contributed by atoms with van der Waals surface area (Å²) in [5.74, 6) is 1.53. The Balaban J connectivity index is 1.66. The van der Waals surface area contributed by atoms with Crippen LogP contribution in [0.2, 0.25) is 0 Å². The average molecular weight is 285 g/mol. The fourth-order valence-corrected chi connectivity index (χ4v) is 3.26. The van der Waals surface area contributed by atoms with Crippen LogP contribution in [0.4, 0.5) is 0 Å². The second-order valence-electron chi connectivity index (χ2n) is 6.07. The van der Waals surface area contributed by atoms with Gasteiger partial charge in [0.15, 0.2) is 5.82 Å². The Morgan fingerprint density at radius 1 is 1.24 bits per heavy atom. The number of aromatic nitrogens is 4. The molecule has 0 saturated heterocycles. The molecule has 2 aromatic rings. The summed E-state index contributed by atoms with van der Waals surface area (Å²) >= 11 is 0. The summed E-state index contributed by atoms with van der Waals surface area (Å²) in [4.78, 5) is 0. The van der Waals surface area contributed by atoms with Crippen LogP contribution >= 0.6 is 0 Å². The first-order chi connectivity index (χ1) is 10.3. The minimum absolute atomic E-state index is 0.297. The second-order valence-corrected chi connectivity index (χ2v) is 6.07. The number of tetrazole rings is 1. The molecule has 1 aliphatic rings. The quantitative estimate of drug-likeness (QED) is 0.917. The first kappa shape index (κ1) is 14.2. The summed E-state index contributed by atoms with van der Waals surface area (Å²) in [6.07, 6.45) is 3.77. The second kappa shape index (κ2) is 6.35. The van der Waals surface area contributed by atoms with Crippen LogP contribution in [0.3, 0.4) is 0 Å². The van der Waals surface area contributed by atoms with Crippen molar-refractivity contribution in [2.45, 2.75) is 57.7 Å². The van der Waals surface area contributed by atoms with Crippen molar-refractivity contribution < 1.29 is 0 Å². The molecule has 5 nitrogen and oxygen atoms in total. The van der Waals surface area contributed by atoms with E-state index in [9.17, 15) is 0 Å². The predicted molar refractivity (Wildman–Crippen MR) is 81.9 cm³/mol. The summed E-state index contributed by atoms with van der Waals surface area (Å²) in [7, 11) is 0. The molecule has 1 saturated carbocycles. The number of hydrogen-bond donors (Lipinski definition) is 1. The molecule has 1 aromatic carbocycles. The highest BCUT2D eigenvalue weighted by Gasteiger charge is 2.28. The van der Waals surface area contributed by atoms with Crippen LogP contribution in [0.1, 0.15) is 56.5 Å². The zero-order valence-electron chi connectivity index (χ0n) is 12.7. The molecular formula is C16H23N5. The molecule has 2 atom stereocenters. The number of nitrogens with one attached hydrogen (secondary N) is 1. The van der Waals surface area contributed by atoms with Crippen molar-refractivity contribution >= 4 is 0 Å². The van der Waals surface area contributed by atoms with E-state index in [1.807, 2.05) is 4.68 Å². The van der Waals surface area contributed by atoms with Gasteiger partial charge >= 0.3 is 0 Å². The summed E-state index contributed by atoms with van der Waals surface area (Å²) in [6.45, 7) is 4.93. The Hall–Kier alpha value is -1.75. The van der Waals surface area contributed by atoms with Gasteiger partial charge in [0.25, 0.3) is 0 Å². The summed E-state index contributed by atoms with van der Waals surface area (Å²) in [5, 5.41) is 15.6. The summed E-state index contributed by atoms with van der Waals surface area (Å²) in [6, 6.07) is 11.6. The van der Waals surface area contributed by atoms with E-state index in [0.717, 1.165) is 12.4 Å². The fourth-order valence-electron chi connectivity index (χ4n) is 3.26. The minimum atomic E-state index is 0.297. The highest BCUT2D eigenvalue weighted by molar-refractivity contribution is 5.22. The zero-order valence-corrected chi connectivity index (χ0v) is 12.7. The molecule has 0 radical (unpaired) electrons. The molecule has 1 aliphatic carbocycles.